The van der Waals surface area contributed by atoms with Crippen LogP contribution in [-0.4, -0.2) is 5.78 Å². The summed E-state index contributed by atoms with van der Waals surface area (Å²) >= 11 is 1.72. The van der Waals surface area contributed by atoms with Gasteiger partial charge in [-0.25, -0.2) is 0 Å². The first-order valence-electron chi connectivity index (χ1n) is 15.0. The van der Waals surface area contributed by atoms with Gasteiger partial charge in [0.2, 0.25) is 0 Å². The van der Waals surface area contributed by atoms with Crippen molar-refractivity contribution in [1.82, 2.24) is 0 Å². The van der Waals surface area contributed by atoms with E-state index in [1.165, 1.54) is 21.6 Å². The molecule has 0 amide bonds. The van der Waals surface area contributed by atoms with Crippen LogP contribution in [0.25, 0.3) is 20.2 Å². The van der Waals surface area contributed by atoms with Gasteiger partial charge in [-0.2, -0.15) is 0 Å². The van der Waals surface area contributed by atoms with Gasteiger partial charge in [0.25, 0.3) is 0 Å². The van der Waals surface area contributed by atoms with Gasteiger partial charge < -0.3 is 0 Å². The van der Waals surface area contributed by atoms with E-state index in [0.717, 1.165) is 42.8 Å². The Morgan fingerprint density at radius 3 is 1.77 bits per heavy atom. The van der Waals surface area contributed by atoms with Crippen molar-refractivity contribution in [3.8, 4) is 0 Å². The summed E-state index contributed by atoms with van der Waals surface area (Å²) in [6.07, 6.45) is 1.81. The van der Waals surface area contributed by atoms with E-state index in [1.807, 2.05) is 42.5 Å². The zero-order valence-corrected chi connectivity index (χ0v) is 28.7. The van der Waals surface area contributed by atoms with Crippen LogP contribution >= 0.6 is 19.1 Å². The molecule has 0 spiro atoms. The van der Waals surface area contributed by atoms with E-state index < -0.39 is 18.7 Å². The minimum atomic E-state index is -10.7. The van der Waals surface area contributed by atoms with Crippen molar-refractivity contribution in [1.29, 1.82) is 0 Å². The summed E-state index contributed by atoms with van der Waals surface area (Å²) in [5.74, 6) is 0.0142. The van der Waals surface area contributed by atoms with Crippen molar-refractivity contribution in [3.05, 3.63) is 147 Å². The number of hydrogen-bond donors (Lipinski definition) is 0. The average Bonchev–Trinajstić information content (AvgIpc) is 3.04. The number of fused-ring (bicyclic) bond motifs is 2. The molecule has 6 rings (SSSR count). The summed E-state index contributed by atoms with van der Waals surface area (Å²) < 4.78 is 61.3. The third-order valence-corrected chi connectivity index (χ3v) is 11.0. The van der Waals surface area contributed by atoms with Crippen molar-refractivity contribution < 1.29 is 30.0 Å². The average molecular weight is 717 g/mol. The number of rotatable bonds is 7. The SMILES string of the molecule is CCc1cc(CC)c2sc3ccc([S+](c4ccc(C)cc4)c4ccc(C(=O)c5ccccc5)cc4)cc3c(=O)c2c1.F[P-](F)(F)(F)(F)F. The summed E-state index contributed by atoms with van der Waals surface area (Å²) in [6.45, 7) is 6.39. The normalized spacial score (nSPS) is 13.7. The molecule has 2 nitrogen and oxygen atoms in total. The Morgan fingerprint density at radius 2 is 1.21 bits per heavy atom. The summed E-state index contributed by atoms with van der Waals surface area (Å²) in [5, 5.41) is 1.60. The fraction of sp³-hybridized carbons (Fsp3) is 0.135. The first-order chi connectivity index (χ1) is 22.4. The zero-order chi connectivity index (χ0) is 34.9. The van der Waals surface area contributed by atoms with E-state index in [2.05, 4.69) is 87.5 Å². The molecular weight excluding hydrogens is 686 g/mol. The second-order valence-corrected chi connectivity index (χ2v) is 16.2. The molecule has 48 heavy (non-hydrogen) atoms. The Bertz CT molecular complexity index is 2170. The van der Waals surface area contributed by atoms with Crippen molar-refractivity contribution in [2.75, 3.05) is 0 Å². The predicted molar refractivity (Wildman–Crippen MR) is 188 cm³/mol. The fourth-order valence-corrected chi connectivity index (χ4v) is 8.54. The van der Waals surface area contributed by atoms with E-state index in [4.69, 9.17) is 0 Å². The first kappa shape index (κ1) is 35.3. The Labute approximate surface area is 280 Å². The summed E-state index contributed by atoms with van der Waals surface area (Å²) in [6, 6.07) is 36.7. The van der Waals surface area contributed by atoms with Gasteiger partial charge in [0.15, 0.2) is 25.9 Å². The number of benzene rings is 5. The van der Waals surface area contributed by atoms with Gasteiger partial charge in [-0.1, -0.05) is 67.9 Å². The number of hydrogen-bond acceptors (Lipinski definition) is 3. The van der Waals surface area contributed by atoms with Gasteiger partial charge in [0.1, 0.15) is 0 Å². The number of carbonyl (C=O) groups excluding carboxylic acids is 1. The van der Waals surface area contributed by atoms with E-state index in [9.17, 15) is 34.8 Å². The van der Waals surface area contributed by atoms with E-state index >= 15 is 0 Å². The molecule has 0 aliphatic heterocycles. The molecule has 5 aromatic carbocycles. The molecule has 250 valence electrons. The molecule has 0 saturated heterocycles. The summed E-state index contributed by atoms with van der Waals surface area (Å²) in [7, 11) is -11.1. The third kappa shape index (κ3) is 8.92. The molecule has 0 radical (unpaired) electrons. The second kappa shape index (κ2) is 12.8. The first-order valence-corrected chi connectivity index (χ1v) is 19.1. The van der Waals surface area contributed by atoms with Crippen molar-refractivity contribution in [3.63, 3.8) is 0 Å². The zero-order valence-electron chi connectivity index (χ0n) is 26.2. The second-order valence-electron chi connectivity index (χ2n) is 11.2. The van der Waals surface area contributed by atoms with E-state index in [1.54, 1.807) is 11.3 Å². The summed E-state index contributed by atoms with van der Waals surface area (Å²) in [5.41, 5.74) is 5.11. The predicted octanol–water partition coefficient (Wildman–Crippen LogP) is 12.6. The molecule has 6 aromatic rings. The van der Waals surface area contributed by atoms with Crippen LogP contribution in [0, 0.1) is 6.92 Å². The van der Waals surface area contributed by atoms with E-state index in [-0.39, 0.29) is 11.2 Å². The molecule has 1 unspecified atom stereocenters. The Kier molecular flexibility index (Phi) is 9.42. The van der Waals surface area contributed by atoms with E-state index in [0.29, 0.717) is 11.1 Å². The van der Waals surface area contributed by atoms with Gasteiger partial charge in [0, 0.05) is 37.4 Å². The van der Waals surface area contributed by atoms with Crippen LogP contribution in [-0.2, 0) is 23.7 Å². The molecule has 0 aliphatic rings. The monoisotopic (exact) mass is 716 g/mol. The molecule has 0 bridgehead atoms. The quantitative estimate of drug-likeness (QED) is 0.0542. The van der Waals surface area contributed by atoms with Gasteiger partial charge >= 0.3 is 33.0 Å². The summed E-state index contributed by atoms with van der Waals surface area (Å²) in [4.78, 5) is 30.4. The van der Waals surface area contributed by atoms with Crippen LogP contribution in [0.3, 0.4) is 0 Å². The Hall–Kier alpha value is -3.98. The van der Waals surface area contributed by atoms with Crippen LogP contribution < -0.4 is 5.43 Å². The molecule has 0 fully saturated rings. The number of aryl methyl sites for hydroxylation is 3. The molecular formula is C37H31F6O2PS2. The van der Waals surface area contributed by atoms with Crippen LogP contribution in [0.5, 0.6) is 0 Å². The van der Waals surface area contributed by atoms with Crippen LogP contribution in [0.1, 0.15) is 46.5 Å². The van der Waals surface area contributed by atoms with Crippen molar-refractivity contribution in [2.45, 2.75) is 48.3 Å². The van der Waals surface area contributed by atoms with Gasteiger partial charge in [-0.3, -0.25) is 9.59 Å². The molecule has 1 aromatic heterocycles. The van der Waals surface area contributed by atoms with Crippen molar-refractivity contribution >= 4 is 56.0 Å². The van der Waals surface area contributed by atoms with Gasteiger partial charge in [-0.15, -0.1) is 11.3 Å². The molecule has 0 saturated carbocycles. The Morgan fingerprint density at radius 1 is 0.667 bits per heavy atom. The molecule has 0 N–H and O–H groups in total. The number of halogens is 6. The molecule has 1 heterocycles. The molecule has 0 aliphatic carbocycles. The maximum absolute atomic E-state index is 13.9. The van der Waals surface area contributed by atoms with Gasteiger partial charge in [-0.05, 0) is 85.5 Å². The molecule has 11 heteroatoms. The third-order valence-electron chi connectivity index (χ3n) is 7.55. The van der Waals surface area contributed by atoms with Gasteiger partial charge in [0.05, 0.1) is 10.9 Å². The van der Waals surface area contributed by atoms with Crippen LogP contribution in [0.15, 0.2) is 129 Å². The van der Waals surface area contributed by atoms with Crippen LogP contribution in [0.4, 0.5) is 25.2 Å². The number of ketones is 1. The standard InChI is InChI=1S/C37H31O2S2.F6P/c1-4-25-21-26(5-2)37-33(22-25)36(39)32-23-31(19-20-34(32)40-37)41(29-15-11-24(3)12-16-29)30-17-13-28(14-18-30)35(38)27-9-7-6-8-10-27;1-7(2,3,4,5)6/h6-23H,4-5H2,1-3H3;/q+1;-1. The Balaban J connectivity index is 0.000000582. The maximum atomic E-state index is 13.9. The number of carbonyl (C=O) groups is 1. The fourth-order valence-electron chi connectivity index (χ4n) is 5.25. The minimum absolute atomic E-state index is 0.0142. The van der Waals surface area contributed by atoms with Crippen molar-refractivity contribution in [2.24, 2.45) is 0 Å². The molecule has 1 atom stereocenters. The van der Waals surface area contributed by atoms with Crippen LogP contribution in [0.2, 0.25) is 0 Å². The topological polar surface area (TPSA) is 34.1 Å².